The monoisotopic (exact) mass is 528 g/mol. The highest BCUT2D eigenvalue weighted by atomic mass is 16.5. The number of ether oxygens (including phenoxy) is 2. The first kappa shape index (κ1) is 28.3. The van der Waals surface area contributed by atoms with E-state index in [0.717, 1.165) is 55.8 Å². The first-order valence-corrected chi connectivity index (χ1v) is 14.2. The van der Waals surface area contributed by atoms with Gasteiger partial charge in [0, 0.05) is 37.8 Å². The number of aryl methyl sites for hydroxylation is 1. The van der Waals surface area contributed by atoms with E-state index in [-0.39, 0.29) is 18.3 Å². The zero-order valence-electron chi connectivity index (χ0n) is 23.2. The molecule has 1 unspecified atom stereocenters. The van der Waals surface area contributed by atoms with Gasteiger partial charge in [0.05, 0.1) is 19.1 Å². The average Bonchev–Trinajstić information content (AvgIpc) is 2.98. The summed E-state index contributed by atoms with van der Waals surface area (Å²) >= 11 is 0. The van der Waals surface area contributed by atoms with Crippen molar-refractivity contribution in [3.05, 3.63) is 95.3 Å². The number of benzene rings is 2. The predicted molar refractivity (Wildman–Crippen MR) is 153 cm³/mol. The van der Waals surface area contributed by atoms with Crippen molar-refractivity contribution in [1.82, 2.24) is 9.88 Å². The molecular formula is C33H40N2O4. The van der Waals surface area contributed by atoms with E-state index in [2.05, 4.69) is 42.2 Å². The molecule has 6 heteroatoms. The van der Waals surface area contributed by atoms with Crippen molar-refractivity contribution in [2.24, 2.45) is 5.92 Å². The molecular weight excluding hydrogens is 488 g/mol. The smallest absolute Gasteiger partial charge is 0.309 e. The Morgan fingerprint density at radius 2 is 1.67 bits per heavy atom. The Hall–Kier alpha value is -3.67. The minimum atomic E-state index is -0.506. The number of hydrogen-bond acceptors (Lipinski definition) is 5. The molecule has 2 aromatic carbocycles. The summed E-state index contributed by atoms with van der Waals surface area (Å²) in [6.07, 6.45) is 6.15. The van der Waals surface area contributed by atoms with Gasteiger partial charge in [0.1, 0.15) is 5.75 Å². The molecule has 4 rings (SSSR count). The van der Waals surface area contributed by atoms with E-state index in [1.54, 1.807) is 6.92 Å². The molecule has 2 heterocycles. The fraction of sp³-hybridized carbons (Fsp3) is 0.424. The number of carbonyl (C=O) groups excluding carboxylic acids is 2. The first-order valence-electron chi connectivity index (χ1n) is 14.2. The van der Waals surface area contributed by atoms with Crippen LogP contribution in [0.1, 0.15) is 61.4 Å². The number of aromatic nitrogens is 1. The lowest BCUT2D eigenvalue weighted by atomic mass is 9.89. The van der Waals surface area contributed by atoms with Crippen LogP contribution in [-0.2, 0) is 33.6 Å². The minimum absolute atomic E-state index is 0.0279. The summed E-state index contributed by atoms with van der Waals surface area (Å²) < 4.78 is 11.2. The van der Waals surface area contributed by atoms with Crippen LogP contribution in [0, 0.1) is 5.92 Å². The number of likely N-dealkylation sites (tertiary alicyclic amines) is 1. The van der Waals surface area contributed by atoms with E-state index >= 15 is 0 Å². The number of carbonyl (C=O) groups is 2. The maximum atomic E-state index is 13.2. The van der Waals surface area contributed by atoms with Gasteiger partial charge in [-0.15, -0.1) is 0 Å². The number of piperidine rings is 1. The number of hydrogen-bond donors (Lipinski definition) is 0. The van der Waals surface area contributed by atoms with Crippen molar-refractivity contribution in [3.8, 4) is 5.75 Å². The number of pyridine rings is 1. The predicted octanol–water partition coefficient (Wildman–Crippen LogP) is 5.78. The van der Waals surface area contributed by atoms with Crippen LogP contribution in [0.3, 0.4) is 0 Å². The molecule has 206 valence electrons. The van der Waals surface area contributed by atoms with Crippen molar-refractivity contribution in [1.29, 1.82) is 0 Å². The van der Waals surface area contributed by atoms with Gasteiger partial charge in [-0.1, -0.05) is 55.5 Å². The van der Waals surface area contributed by atoms with Gasteiger partial charge in [0.2, 0.25) is 5.91 Å². The van der Waals surface area contributed by atoms with Gasteiger partial charge in [-0.2, -0.15) is 0 Å². The van der Waals surface area contributed by atoms with Crippen LogP contribution in [0.5, 0.6) is 5.75 Å². The third-order valence-electron chi connectivity index (χ3n) is 7.49. The number of esters is 1. The summed E-state index contributed by atoms with van der Waals surface area (Å²) in [7, 11) is 0. The van der Waals surface area contributed by atoms with Crippen molar-refractivity contribution in [2.45, 2.75) is 58.3 Å². The molecule has 1 aromatic heterocycles. The van der Waals surface area contributed by atoms with Gasteiger partial charge in [-0.05, 0) is 73.4 Å². The first-order chi connectivity index (χ1) is 19.1. The van der Waals surface area contributed by atoms with Gasteiger partial charge in [0.25, 0.3) is 0 Å². The molecule has 1 saturated heterocycles. The zero-order chi connectivity index (χ0) is 27.5. The van der Waals surface area contributed by atoms with Crippen molar-refractivity contribution < 1.29 is 19.1 Å². The van der Waals surface area contributed by atoms with Gasteiger partial charge in [-0.25, -0.2) is 0 Å². The van der Waals surface area contributed by atoms with E-state index in [0.29, 0.717) is 25.6 Å². The quantitative estimate of drug-likeness (QED) is 0.279. The molecule has 1 fully saturated rings. The highest BCUT2D eigenvalue weighted by Gasteiger charge is 2.29. The Morgan fingerprint density at radius 1 is 0.949 bits per heavy atom. The average molecular weight is 529 g/mol. The third kappa shape index (κ3) is 8.41. The summed E-state index contributed by atoms with van der Waals surface area (Å²) in [6, 6.07) is 22.4. The Kier molecular flexibility index (Phi) is 10.5. The van der Waals surface area contributed by atoms with Crippen LogP contribution in [0.2, 0.25) is 0 Å². The molecule has 1 aliphatic rings. The molecule has 0 saturated carbocycles. The maximum absolute atomic E-state index is 13.2. The van der Waals surface area contributed by atoms with Crippen LogP contribution >= 0.6 is 0 Å². The Balaban J connectivity index is 1.28. The molecule has 6 nitrogen and oxygen atoms in total. The van der Waals surface area contributed by atoms with Crippen LogP contribution in [0.25, 0.3) is 0 Å². The molecule has 0 bridgehead atoms. The van der Waals surface area contributed by atoms with Gasteiger partial charge in [-0.3, -0.25) is 14.6 Å². The normalized spacial score (nSPS) is 14.6. The van der Waals surface area contributed by atoms with Crippen LogP contribution in [0.15, 0.2) is 72.9 Å². The maximum Gasteiger partial charge on any atom is 0.309 e. The molecule has 0 spiro atoms. The molecule has 0 N–H and O–H groups in total. The SMILES string of the molecule is CCOC(=O)C(CC(=O)N1CCC(c2ccccc2)CC1)Cc1ccc(OCCc2ccc(CC)cn2)cc1. The third-order valence-corrected chi connectivity index (χ3v) is 7.49. The summed E-state index contributed by atoms with van der Waals surface area (Å²) in [4.78, 5) is 32.3. The second kappa shape index (κ2) is 14.5. The molecule has 3 aromatic rings. The molecule has 1 amide bonds. The number of amides is 1. The van der Waals surface area contributed by atoms with Gasteiger partial charge in [0.15, 0.2) is 0 Å². The summed E-state index contributed by atoms with van der Waals surface area (Å²) in [5, 5.41) is 0. The highest BCUT2D eigenvalue weighted by Crippen LogP contribution is 2.29. The van der Waals surface area contributed by atoms with Crippen molar-refractivity contribution >= 4 is 11.9 Å². The topological polar surface area (TPSA) is 68.7 Å². The van der Waals surface area contributed by atoms with E-state index in [9.17, 15) is 9.59 Å². The second-order valence-electron chi connectivity index (χ2n) is 10.2. The second-order valence-corrected chi connectivity index (χ2v) is 10.2. The number of rotatable bonds is 12. The Morgan fingerprint density at radius 3 is 2.31 bits per heavy atom. The zero-order valence-corrected chi connectivity index (χ0v) is 23.2. The molecule has 1 atom stereocenters. The molecule has 0 aliphatic carbocycles. The fourth-order valence-corrected chi connectivity index (χ4v) is 5.12. The lowest BCUT2D eigenvalue weighted by Crippen LogP contribution is -2.39. The molecule has 0 radical (unpaired) electrons. The largest absolute Gasteiger partial charge is 0.493 e. The van der Waals surface area contributed by atoms with Crippen molar-refractivity contribution in [3.63, 3.8) is 0 Å². The summed E-state index contributed by atoms with van der Waals surface area (Å²) in [5.41, 5.74) is 4.55. The van der Waals surface area contributed by atoms with Crippen molar-refractivity contribution in [2.75, 3.05) is 26.3 Å². The summed E-state index contributed by atoms with van der Waals surface area (Å²) in [5.74, 6) is 0.462. The lowest BCUT2D eigenvalue weighted by molar-refractivity contribution is -0.151. The van der Waals surface area contributed by atoms with Gasteiger partial charge < -0.3 is 14.4 Å². The highest BCUT2D eigenvalue weighted by molar-refractivity contribution is 5.83. The van der Waals surface area contributed by atoms with Gasteiger partial charge >= 0.3 is 5.97 Å². The lowest BCUT2D eigenvalue weighted by Gasteiger charge is -2.33. The van der Waals surface area contributed by atoms with E-state index in [1.165, 1.54) is 11.1 Å². The Bertz CT molecular complexity index is 1170. The van der Waals surface area contributed by atoms with Crippen LogP contribution in [-0.4, -0.2) is 48.1 Å². The van der Waals surface area contributed by atoms with E-state index < -0.39 is 5.92 Å². The fourth-order valence-electron chi connectivity index (χ4n) is 5.12. The van der Waals surface area contributed by atoms with Crippen LogP contribution in [0.4, 0.5) is 0 Å². The molecule has 1 aliphatic heterocycles. The Labute approximate surface area is 232 Å². The molecule has 39 heavy (non-hydrogen) atoms. The number of nitrogens with zero attached hydrogens (tertiary/aromatic N) is 2. The van der Waals surface area contributed by atoms with E-state index in [1.807, 2.05) is 47.5 Å². The summed E-state index contributed by atoms with van der Waals surface area (Å²) in [6.45, 7) is 6.20. The minimum Gasteiger partial charge on any atom is -0.493 e. The van der Waals surface area contributed by atoms with E-state index in [4.69, 9.17) is 9.47 Å². The van der Waals surface area contributed by atoms with Crippen LogP contribution < -0.4 is 4.74 Å². The standard InChI is InChI=1S/C33H40N2O4/c1-3-25-10-13-30(34-24-25)18-21-39-31-14-11-26(12-15-31)22-29(33(37)38-4-2)23-32(36)35-19-16-28(17-20-35)27-8-6-5-7-9-27/h5-15,24,28-29H,3-4,16-23H2,1-2H3.